The number of nitrogen functional groups attached to an aromatic ring is 1. The van der Waals surface area contributed by atoms with E-state index in [-0.39, 0.29) is 50.8 Å². The highest BCUT2D eigenvalue weighted by Gasteiger charge is 2.33. The lowest BCUT2D eigenvalue weighted by molar-refractivity contribution is 0.0979. The van der Waals surface area contributed by atoms with E-state index in [2.05, 4.69) is 5.32 Å². The van der Waals surface area contributed by atoms with Crippen molar-refractivity contribution in [3.05, 3.63) is 94.3 Å². The van der Waals surface area contributed by atoms with Crippen molar-refractivity contribution in [3.63, 3.8) is 0 Å². The predicted octanol–water partition coefficient (Wildman–Crippen LogP) is 3.44. The van der Waals surface area contributed by atoms with Gasteiger partial charge in [-0.15, -0.1) is 0 Å². The molecule has 6 heteroatoms. The second-order valence-electron chi connectivity index (χ2n) is 6.12. The van der Waals surface area contributed by atoms with Crippen molar-refractivity contribution in [2.45, 2.75) is 0 Å². The molecule has 0 fully saturated rings. The summed E-state index contributed by atoms with van der Waals surface area (Å²) in [4.78, 5) is 38.3. The Hall–Kier alpha value is -3.80. The van der Waals surface area contributed by atoms with Crippen LogP contribution in [0.3, 0.4) is 0 Å². The Kier molecular flexibility index (Phi) is 3.81. The fourth-order valence-corrected chi connectivity index (χ4v) is 3.17. The molecule has 132 valence electrons. The van der Waals surface area contributed by atoms with Gasteiger partial charge >= 0.3 is 0 Å². The van der Waals surface area contributed by atoms with E-state index >= 15 is 0 Å². The van der Waals surface area contributed by atoms with Crippen molar-refractivity contribution in [3.8, 4) is 0 Å². The molecule has 0 atom stereocenters. The second kappa shape index (κ2) is 6.17. The summed E-state index contributed by atoms with van der Waals surface area (Å²) in [6.07, 6.45) is 0. The molecule has 3 aromatic carbocycles. The molecule has 0 radical (unpaired) electrons. The minimum absolute atomic E-state index is 0.121. The van der Waals surface area contributed by atoms with Crippen LogP contribution in [0.25, 0.3) is 0 Å². The molecule has 0 bridgehead atoms. The fraction of sp³-hybridized carbons (Fsp3) is 0. The van der Waals surface area contributed by atoms with Crippen molar-refractivity contribution in [1.29, 1.82) is 0 Å². The van der Waals surface area contributed by atoms with Gasteiger partial charge in [-0.1, -0.05) is 24.3 Å². The van der Waals surface area contributed by atoms with E-state index in [0.717, 1.165) is 0 Å². The van der Waals surface area contributed by atoms with Crippen LogP contribution in [0.2, 0.25) is 0 Å². The summed E-state index contributed by atoms with van der Waals surface area (Å²) in [5, 5.41) is 2.64. The molecule has 3 aromatic rings. The average molecular weight is 360 g/mol. The Morgan fingerprint density at radius 1 is 0.815 bits per heavy atom. The first-order chi connectivity index (χ1) is 13.0. The van der Waals surface area contributed by atoms with Gasteiger partial charge in [-0.3, -0.25) is 14.4 Å². The van der Waals surface area contributed by atoms with Crippen LogP contribution in [-0.4, -0.2) is 17.5 Å². The zero-order valence-corrected chi connectivity index (χ0v) is 14.0. The van der Waals surface area contributed by atoms with Crippen LogP contribution in [0.1, 0.15) is 42.2 Å². The molecule has 1 aliphatic carbocycles. The maximum Gasteiger partial charge on any atom is 0.255 e. The third kappa shape index (κ3) is 2.67. The lowest BCUT2D eigenvalue weighted by Crippen LogP contribution is -2.25. The van der Waals surface area contributed by atoms with Crippen LogP contribution in [0.5, 0.6) is 0 Å². The third-order valence-electron chi connectivity index (χ3n) is 4.46. The van der Waals surface area contributed by atoms with Crippen LogP contribution < -0.4 is 11.1 Å². The minimum atomic E-state index is -0.512. The van der Waals surface area contributed by atoms with Crippen LogP contribution in [-0.2, 0) is 0 Å². The van der Waals surface area contributed by atoms with Crippen molar-refractivity contribution >= 4 is 28.8 Å². The summed E-state index contributed by atoms with van der Waals surface area (Å²) in [6, 6.07) is 14.4. The molecule has 0 heterocycles. The SMILES string of the molecule is Nc1cccc2c1C(=O)c1cccc(NC(=O)c3ccc(F)cc3)c1C2=O. The van der Waals surface area contributed by atoms with Gasteiger partial charge in [0.2, 0.25) is 0 Å². The van der Waals surface area contributed by atoms with Crippen molar-refractivity contribution in [1.82, 2.24) is 0 Å². The molecule has 3 N–H and O–H groups in total. The number of nitrogens with one attached hydrogen (secondary N) is 1. The molecule has 0 saturated heterocycles. The Morgan fingerprint density at radius 2 is 1.41 bits per heavy atom. The minimum Gasteiger partial charge on any atom is -0.398 e. The smallest absolute Gasteiger partial charge is 0.255 e. The molecule has 1 aliphatic rings. The van der Waals surface area contributed by atoms with E-state index in [1.54, 1.807) is 24.3 Å². The van der Waals surface area contributed by atoms with Gasteiger partial charge in [-0.05, 0) is 36.4 Å². The summed E-state index contributed by atoms with van der Waals surface area (Å²) in [7, 11) is 0. The van der Waals surface area contributed by atoms with Crippen LogP contribution in [0.4, 0.5) is 15.8 Å². The Balaban J connectivity index is 1.78. The highest BCUT2D eigenvalue weighted by Crippen LogP contribution is 2.34. The van der Waals surface area contributed by atoms with Crippen molar-refractivity contribution < 1.29 is 18.8 Å². The standard InChI is InChI=1S/C21H13FN2O3/c22-12-9-7-11(8-10-12)21(27)24-16-6-2-4-14-18(16)20(26)13-3-1-5-15(23)17(13)19(14)25/h1-10H,23H2,(H,24,27). The first kappa shape index (κ1) is 16.7. The zero-order valence-electron chi connectivity index (χ0n) is 14.0. The van der Waals surface area contributed by atoms with E-state index in [1.807, 2.05) is 0 Å². The van der Waals surface area contributed by atoms with Crippen molar-refractivity contribution in [2.24, 2.45) is 0 Å². The number of ketones is 2. The quantitative estimate of drug-likeness (QED) is 0.536. The molecule has 0 saturated carbocycles. The fourth-order valence-electron chi connectivity index (χ4n) is 3.17. The van der Waals surface area contributed by atoms with Gasteiger partial charge in [0.1, 0.15) is 5.82 Å². The number of nitrogens with two attached hydrogens (primary N) is 1. The van der Waals surface area contributed by atoms with Gasteiger partial charge in [0, 0.05) is 22.4 Å². The average Bonchev–Trinajstić information content (AvgIpc) is 2.66. The van der Waals surface area contributed by atoms with Gasteiger partial charge in [0.25, 0.3) is 5.91 Å². The van der Waals surface area contributed by atoms with Gasteiger partial charge in [-0.25, -0.2) is 4.39 Å². The van der Waals surface area contributed by atoms with E-state index in [0.29, 0.717) is 0 Å². The molecule has 0 unspecified atom stereocenters. The summed E-state index contributed by atoms with van der Waals surface area (Å²) >= 11 is 0. The van der Waals surface area contributed by atoms with E-state index in [4.69, 9.17) is 5.73 Å². The lowest BCUT2D eigenvalue weighted by atomic mass is 9.82. The topological polar surface area (TPSA) is 89.3 Å². The third-order valence-corrected chi connectivity index (χ3v) is 4.46. The van der Waals surface area contributed by atoms with Crippen molar-refractivity contribution in [2.75, 3.05) is 11.1 Å². The highest BCUT2D eigenvalue weighted by atomic mass is 19.1. The summed E-state index contributed by atoms with van der Waals surface area (Å²) in [6.45, 7) is 0. The Labute approximate surface area is 153 Å². The normalized spacial score (nSPS) is 12.3. The molecule has 27 heavy (non-hydrogen) atoms. The molecule has 0 spiro atoms. The van der Waals surface area contributed by atoms with Gasteiger partial charge in [0.15, 0.2) is 11.6 Å². The van der Waals surface area contributed by atoms with E-state index in [1.165, 1.54) is 36.4 Å². The van der Waals surface area contributed by atoms with Crippen LogP contribution >= 0.6 is 0 Å². The monoisotopic (exact) mass is 360 g/mol. The Morgan fingerprint density at radius 3 is 2.11 bits per heavy atom. The van der Waals surface area contributed by atoms with E-state index < -0.39 is 11.7 Å². The Bertz CT molecular complexity index is 1120. The van der Waals surface area contributed by atoms with Crippen LogP contribution in [0.15, 0.2) is 60.7 Å². The number of anilines is 2. The molecule has 4 rings (SSSR count). The number of benzene rings is 3. The summed E-state index contributed by atoms with van der Waals surface area (Å²) < 4.78 is 13.0. The first-order valence-corrected chi connectivity index (χ1v) is 8.15. The maximum absolute atomic E-state index is 13.0. The van der Waals surface area contributed by atoms with Gasteiger partial charge in [0.05, 0.1) is 16.8 Å². The number of carbonyl (C=O) groups is 3. The number of rotatable bonds is 2. The number of hydrogen-bond donors (Lipinski definition) is 2. The molecular weight excluding hydrogens is 347 g/mol. The van der Waals surface area contributed by atoms with Gasteiger partial charge < -0.3 is 11.1 Å². The molecule has 5 nitrogen and oxygen atoms in total. The number of amides is 1. The number of hydrogen-bond acceptors (Lipinski definition) is 4. The number of fused-ring (bicyclic) bond motifs is 2. The molecular formula is C21H13FN2O3. The maximum atomic E-state index is 13.0. The summed E-state index contributed by atoms with van der Waals surface area (Å²) in [5.74, 6) is -1.72. The number of halogens is 1. The molecule has 0 aromatic heterocycles. The second-order valence-corrected chi connectivity index (χ2v) is 6.12. The summed E-state index contributed by atoms with van der Waals surface area (Å²) in [5.41, 5.74) is 7.25. The van der Waals surface area contributed by atoms with E-state index in [9.17, 15) is 18.8 Å². The van der Waals surface area contributed by atoms with Crippen LogP contribution in [0, 0.1) is 5.82 Å². The largest absolute Gasteiger partial charge is 0.398 e. The lowest BCUT2D eigenvalue weighted by Gasteiger charge is -2.21. The first-order valence-electron chi connectivity index (χ1n) is 8.15. The molecule has 0 aliphatic heterocycles. The molecule has 1 amide bonds. The van der Waals surface area contributed by atoms with Gasteiger partial charge in [-0.2, -0.15) is 0 Å². The highest BCUT2D eigenvalue weighted by molar-refractivity contribution is 6.32. The number of carbonyl (C=O) groups excluding carboxylic acids is 3. The zero-order chi connectivity index (χ0) is 19.1. The predicted molar refractivity (Wildman–Crippen MR) is 98.5 cm³/mol.